The molecule has 0 saturated carbocycles. The standard InChI is InChI=1S/C12H25N3O2.ClH/c1-5-6-13-7-8-14-10(16)9-15-11(17)12(2,3)4;/h13H,5-9H2,1-4H3,(H,14,16)(H,15,17);1H. The van der Waals surface area contributed by atoms with Crippen molar-refractivity contribution in [2.75, 3.05) is 26.2 Å². The highest BCUT2D eigenvalue weighted by atomic mass is 35.5. The van der Waals surface area contributed by atoms with E-state index in [4.69, 9.17) is 0 Å². The fourth-order valence-corrected chi connectivity index (χ4v) is 1.08. The Morgan fingerprint density at radius 3 is 2.11 bits per heavy atom. The van der Waals surface area contributed by atoms with Crippen LogP contribution >= 0.6 is 12.4 Å². The summed E-state index contributed by atoms with van der Waals surface area (Å²) in [6.07, 6.45) is 1.08. The van der Waals surface area contributed by atoms with Gasteiger partial charge < -0.3 is 16.0 Å². The summed E-state index contributed by atoms with van der Waals surface area (Å²) in [5.74, 6) is -0.266. The van der Waals surface area contributed by atoms with E-state index in [1.54, 1.807) is 0 Å². The molecule has 0 unspecified atom stereocenters. The topological polar surface area (TPSA) is 70.2 Å². The van der Waals surface area contributed by atoms with Crippen molar-refractivity contribution in [1.29, 1.82) is 0 Å². The van der Waals surface area contributed by atoms with Crippen LogP contribution in [0.5, 0.6) is 0 Å². The van der Waals surface area contributed by atoms with Crippen molar-refractivity contribution in [3.63, 3.8) is 0 Å². The summed E-state index contributed by atoms with van der Waals surface area (Å²) in [5.41, 5.74) is -0.455. The highest BCUT2D eigenvalue weighted by Gasteiger charge is 2.21. The number of rotatable bonds is 7. The molecule has 0 aliphatic carbocycles. The van der Waals surface area contributed by atoms with Crippen LogP contribution in [0.1, 0.15) is 34.1 Å². The van der Waals surface area contributed by atoms with Gasteiger partial charge in [0.15, 0.2) is 0 Å². The molecule has 0 heterocycles. The molecule has 0 spiro atoms. The maximum Gasteiger partial charge on any atom is 0.239 e. The lowest BCUT2D eigenvalue weighted by Crippen LogP contribution is -2.43. The fourth-order valence-electron chi connectivity index (χ4n) is 1.08. The van der Waals surface area contributed by atoms with E-state index in [1.165, 1.54) is 0 Å². The van der Waals surface area contributed by atoms with Crippen LogP contribution in [0.15, 0.2) is 0 Å². The zero-order valence-corrected chi connectivity index (χ0v) is 12.6. The second-order valence-corrected chi connectivity index (χ2v) is 5.03. The predicted molar refractivity (Wildman–Crippen MR) is 75.9 cm³/mol. The minimum absolute atomic E-state index is 0. The minimum Gasteiger partial charge on any atom is -0.353 e. The Hall–Kier alpha value is -0.810. The van der Waals surface area contributed by atoms with Crippen LogP contribution < -0.4 is 16.0 Å². The van der Waals surface area contributed by atoms with Crippen LogP contribution in [0.4, 0.5) is 0 Å². The van der Waals surface area contributed by atoms with Crippen molar-refractivity contribution in [1.82, 2.24) is 16.0 Å². The summed E-state index contributed by atoms with van der Waals surface area (Å²) >= 11 is 0. The number of carbonyl (C=O) groups excluding carboxylic acids is 2. The van der Waals surface area contributed by atoms with E-state index in [0.717, 1.165) is 19.5 Å². The van der Waals surface area contributed by atoms with Gasteiger partial charge in [0.05, 0.1) is 6.54 Å². The first-order valence-electron chi connectivity index (χ1n) is 6.13. The first kappa shape index (κ1) is 19.5. The number of amides is 2. The Morgan fingerprint density at radius 2 is 1.61 bits per heavy atom. The normalized spacial score (nSPS) is 10.4. The van der Waals surface area contributed by atoms with Crippen LogP contribution in [0.2, 0.25) is 0 Å². The van der Waals surface area contributed by atoms with Gasteiger partial charge in [0.25, 0.3) is 0 Å². The van der Waals surface area contributed by atoms with Gasteiger partial charge in [-0.05, 0) is 13.0 Å². The molecule has 0 saturated heterocycles. The SMILES string of the molecule is CCCNCCNC(=O)CNC(=O)C(C)(C)C.Cl. The molecule has 0 aromatic heterocycles. The number of halogens is 1. The molecular formula is C12H26ClN3O2. The summed E-state index contributed by atoms with van der Waals surface area (Å²) in [6, 6.07) is 0. The number of carbonyl (C=O) groups is 2. The number of hydrogen-bond donors (Lipinski definition) is 3. The molecule has 0 aliphatic heterocycles. The summed E-state index contributed by atoms with van der Waals surface area (Å²) in [5, 5.41) is 8.51. The van der Waals surface area contributed by atoms with Crippen LogP contribution in [-0.4, -0.2) is 38.0 Å². The van der Waals surface area contributed by atoms with Crippen molar-refractivity contribution in [3.8, 4) is 0 Å². The molecule has 0 atom stereocenters. The van der Waals surface area contributed by atoms with E-state index >= 15 is 0 Å². The fraction of sp³-hybridized carbons (Fsp3) is 0.833. The Morgan fingerprint density at radius 1 is 1.00 bits per heavy atom. The van der Waals surface area contributed by atoms with Crippen molar-refractivity contribution in [3.05, 3.63) is 0 Å². The first-order valence-corrected chi connectivity index (χ1v) is 6.13. The quantitative estimate of drug-likeness (QED) is 0.601. The lowest BCUT2D eigenvalue weighted by Gasteiger charge is -2.17. The van der Waals surface area contributed by atoms with Gasteiger partial charge in [-0.3, -0.25) is 9.59 Å². The van der Waals surface area contributed by atoms with E-state index in [9.17, 15) is 9.59 Å². The van der Waals surface area contributed by atoms with Gasteiger partial charge >= 0.3 is 0 Å². The summed E-state index contributed by atoms with van der Waals surface area (Å²) in [6.45, 7) is 9.88. The maximum atomic E-state index is 11.5. The second-order valence-electron chi connectivity index (χ2n) is 5.03. The molecule has 108 valence electrons. The molecule has 0 radical (unpaired) electrons. The van der Waals surface area contributed by atoms with Gasteiger partial charge in [0.2, 0.25) is 11.8 Å². The Bertz CT molecular complexity index is 252. The smallest absolute Gasteiger partial charge is 0.239 e. The average Bonchev–Trinajstić information content (AvgIpc) is 2.24. The highest BCUT2D eigenvalue weighted by Crippen LogP contribution is 2.11. The van der Waals surface area contributed by atoms with Crippen molar-refractivity contribution in [2.45, 2.75) is 34.1 Å². The molecule has 0 bridgehead atoms. The van der Waals surface area contributed by atoms with Crippen LogP contribution in [0.25, 0.3) is 0 Å². The molecule has 5 nitrogen and oxygen atoms in total. The van der Waals surface area contributed by atoms with Gasteiger partial charge in [0, 0.05) is 18.5 Å². The van der Waals surface area contributed by atoms with Crippen molar-refractivity contribution < 1.29 is 9.59 Å². The average molecular weight is 280 g/mol. The van der Waals surface area contributed by atoms with Crippen LogP contribution in [-0.2, 0) is 9.59 Å². The second kappa shape index (κ2) is 10.1. The zero-order chi connectivity index (χ0) is 13.3. The molecule has 18 heavy (non-hydrogen) atoms. The number of nitrogens with one attached hydrogen (secondary N) is 3. The monoisotopic (exact) mass is 279 g/mol. The molecule has 2 amide bonds. The number of hydrogen-bond acceptors (Lipinski definition) is 3. The maximum absolute atomic E-state index is 11.5. The lowest BCUT2D eigenvalue weighted by atomic mass is 9.96. The molecule has 0 rings (SSSR count). The first-order chi connectivity index (χ1) is 7.88. The molecule has 0 aromatic rings. The summed E-state index contributed by atoms with van der Waals surface area (Å²) < 4.78 is 0. The summed E-state index contributed by atoms with van der Waals surface area (Å²) in [4.78, 5) is 22.8. The largest absolute Gasteiger partial charge is 0.353 e. The van der Waals surface area contributed by atoms with Gasteiger partial charge in [-0.1, -0.05) is 27.7 Å². The molecule has 0 aromatic carbocycles. The minimum atomic E-state index is -0.455. The third-order valence-electron chi connectivity index (χ3n) is 2.14. The zero-order valence-electron chi connectivity index (χ0n) is 11.8. The van der Waals surface area contributed by atoms with E-state index in [2.05, 4.69) is 22.9 Å². The van der Waals surface area contributed by atoms with E-state index in [1.807, 2.05) is 20.8 Å². The Labute approximate surface area is 116 Å². The Balaban J connectivity index is 0. The van der Waals surface area contributed by atoms with Crippen molar-refractivity contribution >= 4 is 24.2 Å². The van der Waals surface area contributed by atoms with E-state index in [0.29, 0.717) is 6.54 Å². The van der Waals surface area contributed by atoms with E-state index in [-0.39, 0.29) is 30.8 Å². The Kier molecular flexibility index (Phi) is 11.0. The summed E-state index contributed by atoms with van der Waals surface area (Å²) in [7, 11) is 0. The van der Waals surface area contributed by atoms with Gasteiger partial charge in [-0.2, -0.15) is 0 Å². The molecule has 6 heteroatoms. The lowest BCUT2D eigenvalue weighted by molar-refractivity contribution is -0.131. The van der Waals surface area contributed by atoms with E-state index < -0.39 is 5.41 Å². The third kappa shape index (κ3) is 10.4. The molecule has 3 N–H and O–H groups in total. The highest BCUT2D eigenvalue weighted by molar-refractivity contribution is 5.87. The molecular weight excluding hydrogens is 254 g/mol. The van der Waals surface area contributed by atoms with Crippen molar-refractivity contribution in [2.24, 2.45) is 5.41 Å². The molecule has 0 aliphatic rings. The van der Waals surface area contributed by atoms with Crippen LogP contribution in [0.3, 0.4) is 0 Å². The molecule has 0 fully saturated rings. The van der Waals surface area contributed by atoms with Gasteiger partial charge in [-0.15, -0.1) is 12.4 Å². The predicted octanol–water partition coefficient (Wildman–Crippen LogP) is 0.686. The van der Waals surface area contributed by atoms with Gasteiger partial charge in [-0.25, -0.2) is 0 Å². The van der Waals surface area contributed by atoms with Gasteiger partial charge in [0.1, 0.15) is 0 Å². The van der Waals surface area contributed by atoms with Crippen LogP contribution in [0, 0.1) is 5.41 Å². The third-order valence-corrected chi connectivity index (χ3v) is 2.14.